The molecule has 78 valence electrons. The summed E-state index contributed by atoms with van der Waals surface area (Å²) in [4.78, 5) is 11.0. The summed E-state index contributed by atoms with van der Waals surface area (Å²) in [6, 6.07) is 4.82. The lowest BCUT2D eigenvalue weighted by atomic mass is 10.1. The van der Waals surface area contributed by atoms with E-state index in [9.17, 15) is 9.90 Å². The van der Waals surface area contributed by atoms with Crippen molar-refractivity contribution in [3.8, 4) is 5.75 Å². The lowest BCUT2D eigenvalue weighted by molar-refractivity contribution is 0.0698. The van der Waals surface area contributed by atoms with Gasteiger partial charge >= 0.3 is 5.97 Å². The van der Waals surface area contributed by atoms with Crippen LogP contribution >= 0.6 is 15.9 Å². The number of aryl methyl sites for hydroxylation is 1. The first-order valence-electron chi connectivity index (χ1n) is 4.23. The van der Waals surface area contributed by atoms with Crippen molar-refractivity contribution in [2.45, 2.75) is 0 Å². The third-order valence-corrected chi connectivity index (χ3v) is 3.26. The van der Waals surface area contributed by atoms with Gasteiger partial charge in [0.25, 0.3) is 0 Å². The molecule has 1 heterocycles. The van der Waals surface area contributed by atoms with E-state index in [2.05, 4.69) is 15.9 Å². The molecule has 0 spiro atoms. The van der Waals surface area contributed by atoms with Crippen LogP contribution in [0.25, 0.3) is 10.9 Å². The molecule has 0 bridgehead atoms. The zero-order valence-corrected chi connectivity index (χ0v) is 9.45. The zero-order chi connectivity index (χ0) is 11.2. The number of hydrogen-bond acceptors (Lipinski definition) is 2. The number of carboxylic acids is 1. The number of fused-ring (bicyclic) bond motifs is 1. The molecule has 2 N–H and O–H groups in total. The maximum Gasteiger partial charge on any atom is 0.339 e. The van der Waals surface area contributed by atoms with Gasteiger partial charge in [-0.05, 0) is 22.0 Å². The van der Waals surface area contributed by atoms with Crippen molar-refractivity contribution in [2.75, 3.05) is 0 Å². The standard InChI is InChI=1S/C10H8BrNO3/c1-12-8-5(3-2-4-6(8)13)7(9(12)11)10(14)15/h2-4,13H,1H3,(H,14,15). The molecule has 0 saturated carbocycles. The SMILES string of the molecule is Cn1c(Br)c(C(=O)O)c2cccc(O)c21. The monoisotopic (exact) mass is 269 g/mol. The van der Waals surface area contributed by atoms with Crippen LogP contribution in [0.4, 0.5) is 0 Å². The number of halogens is 1. The van der Waals surface area contributed by atoms with Crippen LogP contribution in [0, 0.1) is 0 Å². The maximum absolute atomic E-state index is 11.0. The van der Waals surface area contributed by atoms with Crippen LogP contribution in [0.1, 0.15) is 10.4 Å². The molecule has 0 unspecified atom stereocenters. The quantitative estimate of drug-likeness (QED) is 0.836. The van der Waals surface area contributed by atoms with E-state index in [1.54, 1.807) is 23.7 Å². The molecule has 0 fully saturated rings. The number of aromatic carboxylic acids is 1. The molecule has 0 aliphatic carbocycles. The van der Waals surface area contributed by atoms with E-state index in [0.717, 1.165) is 0 Å². The van der Waals surface area contributed by atoms with Gasteiger partial charge in [0.05, 0.1) is 11.1 Å². The van der Waals surface area contributed by atoms with E-state index in [0.29, 0.717) is 15.5 Å². The third kappa shape index (κ3) is 1.31. The largest absolute Gasteiger partial charge is 0.506 e. The van der Waals surface area contributed by atoms with Crippen molar-refractivity contribution in [1.82, 2.24) is 4.57 Å². The number of phenols is 1. The summed E-state index contributed by atoms with van der Waals surface area (Å²) in [6.45, 7) is 0. The number of rotatable bonds is 1. The van der Waals surface area contributed by atoms with Gasteiger partial charge in [0.2, 0.25) is 0 Å². The third-order valence-electron chi connectivity index (χ3n) is 2.33. The number of phenolic OH excluding ortho intramolecular Hbond substituents is 1. The Morgan fingerprint density at radius 2 is 2.13 bits per heavy atom. The fourth-order valence-electron chi connectivity index (χ4n) is 1.67. The highest BCUT2D eigenvalue weighted by Gasteiger charge is 2.20. The molecule has 0 aliphatic heterocycles. The number of carboxylic acid groups (broad SMARTS) is 1. The smallest absolute Gasteiger partial charge is 0.339 e. The predicted molar refractivity (Wildman–Crippen MR) is 59.2 cm³/mol. The molecule has 15 heavy (non-hydrogen) atoms. The van der Waals surface area contributed by atoms with Crippen LogP contribution in [0.3, 0.4) is 0 Å². The summed E-state index contributed by atoms with van der Waals surface area (Å²) in [6.07, 6.45) is 0. The minimum absolute atomic E-state index is 0.0724. The van der Waals surface area contributed by atoms with Crippen LogP contribution in [0.5, 0.6) is 5.75 Å². The van der Waals surface area contributed by atoms with E-state index in [4.69, 9.17) is 5.11 Å². The number of hydrogen-bond donors (Lipinski definition) is 2. The summed E-state index contributed by atoms with van der Waals surface area (Å²) >= 11 is 3.20. The number of para-hydroxylation sites is 1. The minimum atomic E-state index is -1.02. The predicted octanol–water partition coefficient (Wildman–Crippen LogP) is 2.34. The lowest BCUT2D eigenvalue weighted by Crippen LogP contribution is -1.96. The summed E-state index contributed by atoms with van der Waals surface area (Å²) in [5, 5.41) is 19.2. The molecule has 0 radical (unpaired) electrons. The van der Waals surface area contributed by atoms with Crippen LogP contribution in [-0.4, -0.2) is 20.7 Å². The Balaban J connectivity index is 3.00. The van der Waals surface area contributed by atoms with Gasteiger partial charge in [-0.15, -0.1) is 0 Å². The van der Waals surface area contributed by atoms with Crippen molar-refractivity contribution in [1.29, 1.82) is 0 Å². The van der Waals surface area contributed by atoms with Crippen molar-refractivity contribution < 1.29 is 15.0 Å². The average molecular weight is 270 g/mol. The van der Waals surface area contributed by atoms with Gasteiger partial charge in [0, 0.05) is 12.4 Å². The average Bonchev–Trinajstić information content (AvgIpc) is 2.41. The van der Waals surface area contributed by atoms with Gasteiger partial charge in [-0.25, -0.2) is 4.79 Å². The molecule has 0 amide bonds. The Morgan fingerprint density at radius 3 is 2.73 bits per heavy atom. The molecule has 0 aliphatic rings. The van der Waals surface area contributed by atoms with Crippen LogP contribution in [0.15, 0.2) is 22.8 Å². The molecule has 1 aromatic heterocycles. The highest BCUT2D eigenvalue weighted by Crippen LogP contribution is 2.34. The first-order valence-corrected chi connectivity index (χ1v) is 5.02. The first-order chi connectivity index (χ1) is 7.04. The van der Waals surface area contributed by atoms with Crippen molar-refractivity contribution in [2.24, 2.45) is 7.05 Å². The van der Waals surface area contributed by atoms with Gasteiger partial charge in [-0.1, -0.05) is 12.1 Å². The number of carbonyl (C=O) groups is 1. The van der Waals surface area contributed by atoms with Gasteiger partial charge < -0.3 is 14.8 Å². The Hall–Kier alpha value is -1.49. The molecular formula is C10H8BrNO3. The Morgan fingerprint density at radius 1 is 1.47 bits per heavy atom. The second kappa shape index (κ2) is 3.27. The van der Waals surface area contributed by atoms with Crippen LogP contribution in [-0.2, 0) is 7.05 Å². The van der Waals surface area contributed by atoms with Gasteiger partial charge in [-0.3, -0.25) is 0 Å². The maximum atomic E-state index is 11.0. The summed E-state index contributed by atoms with van der Waals surface area (Å²) < 4.78 is 2.06. The fourth-order valence-corrected chi connectivity index (χ4v) is 2.23. The fraction of sp³-hybridized carbons (Fsp3) is 0.100. The molecule has 2 aromatic rings. The molecule has 2 rings (SSSR count). The Labute approximate surface area is 93.9 Å². The minimum Gasteiger partial charge on any atom is -0.506 e. The summed E-state index contributed by atoms with van der Waals surface area (Å²) in [7, 11) is 1.69. The second-order valence-corrected chi connectivity index (χ2v) is 3.95. The number of aromatic nitrogens is 1. The summed E-state index contributed by atoms with van der Waals surface area (Å²) in [5.41, 5.74) is 0.685. The number of nitrogens with zero attached hydrogens (tertiary/aromatic N) is 1. The van der Waals surface area contributed by atoms with E-state index in [1.165, 1.54) is 6.07 Å². The van der Waals surface area contributed by atoms with Crippen LogP contribution in [0.2, 0.25) is 0 Å². The highest BCUT2D eigenvalue weighted by atomic mass is 79.9. The molecule has 1 aromatic carbocycles. The molecule has 0 saturated heterocycles. The van der Waals surface area contributed by atoms with Crippen molar-refractivity contribution in [3.63, 3.8) is 0 Å². The second-order valence-electron chi connectivity index (χ2n) is 3.20. The van der Waals surface area contributed by atoms with Gasteiger partial charge in [-0.2, -0.15) is 0 Å². The zero-order valence-electron chi connectivity index (χ0n) is 7.86. The number of aromatic hydroxyl groups is 1. The topological polar surface area (TPSA) is 62.5 Å². The highest BCUT2D eigenvalue weighted by molar-refractivity contribution is 9.10. The van der Waals surface area contributed by atoms with E-state index >= 15 is 0 Å². The number of benzene rings is 1. The van der Waals surface area contributed by atoms with Gasteiger partial charge in [0.15, 0.2) is 0 Å². The van der Waals surface area contributed by atoms with Crippen LogP contribution < -0.4 is 0 Å². The molecule has 0 atom stereocenters. The summed E-state index contributed by atoms with van der Waals surface area (Å²) in [5.74, 6) is -0.943. The first kappa shape index (κ1) is 10.0. The normalized spacial score (nSPS) is 10.8. The van der Waals surface area contributed by atoms with E-state index in [-0.39, 0.29) is 11.3 Å². The van der Waals surface area contributed by atoms with Crippen molar-refractivity contribution >= 4 is 32.8 Å². The Kier molecular flexibility index (Phi) is 2.19. The van der Waals surface area contributed by atoms with E-state index in [1.807, 2.05) is 0 Å². The van der Waals surface area contributed by atoms with Crippen molar-refractivity contribution in [3.05, 3.63) is 28.4 Å². The molecule has 4 nitrogen and oxygen atoms in total. The van der Waals surface area contributed by atoms with Gasteiger partial charge in [0.1, 0.15) is 10.4 Å². The molecule has 5 heteroatoms. The Bertz CT molecular complexity index is 559. The van der Waals surface area contributed by atoms with E-state index < -0.39 is 5.97 Å². The molecular weight excluding hydrogens is 262 g/mol. The lowest BCUT2D eigenvalue weighted by Gasteiger charge is -1.99.